The van der Waals surface area contributed by atoms with Gasteiger partial charge in [-0.3, -0.25) is 4.79 Å². The first-order valence-corrected chi connectivity index (χ1v) is 7.52. The first-order chi connectivity index (χ1) is 9.77. The molecule has 0 atom stereocenters. The molecule has 0 radical (unpaired) electrons. The van der Waals surface area contributed by atoms with Crippen molar-refractivity contribution in [2.75, 3.05) is 0 Å². The van der Waals surface area contributed by atoms with Crippen molar-refractivity contribution in [1.29, 1.82) is 0 Å². The minimum Gasteiger partial charge on any atom is -0.318 e. The SMILES string of the molecule is Cn1ccc(C2CCCCC2)c(-c2ccccc2)c1=O. The molecule has 104 valence electrons. The van der Waals surface area contributed by atoms with Crippen LogP contribution in [0.1, 0.15) is 43.6 Å². The van der Waals surface area contributed by atoms with E-state index in [1.165, 1.54) is 37.7 Å². The Bertz CT molecular complexity index is 636. The Kier molecular flexibility index (Phi) is 3.72. The average molecular weight is 267 g/mol. The molecule has 1 heterocycles. The van der Waals surface area contributed by atoms with Gasteiger partial charge in [0, 0.05) is 13.2 Å². The van der Waals surface area contributed by atoms with Crippen molar-refractivity contribution in [2.24, 2.45) is 7.05 Å². The molecule has 1 fully saturated rings. The number of aryl methyl sites for hydroxylation is 1. The molecule has 1 aliphatic rings. The number of rotatable bonds is 2. The van der Waals surface area contributed by atoms with Gasteiger partial charge in [0.1, 0.15) is 0 Å². The summed E-state index contributed by atoms with van der Waals surface area (Å²) in [5.41, 5.74) is 3.33. The standard InChI is InChI=1S/C18H21NO/c1-19-13-12-16(14-8-4-2-5-9-14)17(18(19)20)15-10-6-3-7-11-15/h3,6-7,10-14H,2,4-5,8-9H2,1H3. The third-order valence-corrected chi connectivity index (χ3v) is 4.41. The lowest BCUT2D eigenvalue weighted by atomic mass is 9.81. The first kappa shape index (κ1) is 13.2. The van der Waals surface area contributed by atoms with Gasteiger partial charge in [-0.15, -0.1) is 0 Å². The third-order valence-electron chi connectivity index (χ3n) is 4.41. The number of hydrogen-bond donors (Lipinski definition) is 0. The van der Waals surface area contributed by atoms with Gasteiger partial charge in [0.2, 0.25) is 0 Å². The smallest absolute Gasteiger partial charge is 0.258 e. The summed E-state index contributed by atoms with van der Waals surface area (Å²) in [6.07, 6.45) is 8.25. The zero-order valence-electron chi connectivity index (χ0n) is 12.0. The number of pyridine rings is 1. The molecule has 3 rings (SSSR count). The minimum absolute atomic E-state index is 0.124. The monoisotopic (exact) mass is 267 g/mol. The van der Waals surface area contributed by atoms with Gasteiger partial charge in [0.15, 0.2) is 0 Å². The molecule has 0 amide bonds. The van der Waals surface area contributed by atoms with Crippen LogP contribution in [-0.2, 0) is 7.05 Å². The molecule has 1 saturated carbocycles. The van der Waals surface area contributed by atoms with Crippen LogP contribution in [0.25, 0.3) is 11.1 Å². The van der Waals surface area contributed by atoms with Crippen LogP contribution >= 0.6 is 0 Å². The molecule has 1 aromatic heterocycles. The van der Waals surface area contributed by atoms with E-state index in [2.05, 4.69) is 6.07 Å². The Morgan fingerprint density at radius 2 is 1.70 bits per heavy atom. The van der Waals surface area contributed by atoms with Gasteiger partial charge in [-0.1, -0.05) is 49.6 Å². The molecule has 0 bridgehead atoms. The Morgan fingerprint density at radius 1 is 1.00 bits per heavy atom. The van der Waals surface area contributed by atoms with Gasteiger partial charge in [0.25, 0.3) is 5.56 Å². The molecule has 2 aromatic rings. The van der Waals surface area contributed by atoms with Gasteiger partial charge in [-0.05, 0) is 36.0 Å². The van der Waals surface area contributed by atoms with E-state index in [4.69, 9.17) is 0 Å². The van der Waals surface area contributed by atoms with Crippen molar-refractivity contribution < 1.29 is 0 Å². The molecule has 0 spiro atoms. The molecule has 0 unspecified atom stereocenters. The second kappa shape index (κ2) is 5.66. The minimum atomic E-state index is 0.124. The molecule has 0 saturated heterocycles. The predicted molar refractivity (Wildman–Crippen MR) is 82.9 cm³/mol. The molecular weight excluding hydrogens is 246 g/mol. The number of hydrogen-bond acceptors (Lipinski definition) is 1. The van der Waals surface area contributed by atoms with Crippen molar-refractivity contribution in [2.45, 2.75) is 38.0 Å². The number of nitrogens with zero attached hydrogens (tertiary/aromatic N) is 1. The fraction of sp³-hybridized carbons (Fsp3) is 0.389. The lowest BCUT2D eigenvalue weighted by Gasteiger charge is -2.24. The van der Waals surface area contributed by atoms with E-state index in [0.717, 1.165) is 11.1 Å². The zero-order chi connectivity index (χ0) is 13.9. The van der Waals surface area contributed by atoms with Crippen molar-refractivity contribution in [3.05, 3.63) is 58.5 Å². The summed E-state index contributed by atoms with van der Waals surface area (Å²) in [6, 6.07) is 12.3. The molecule has 2 heteroatoms. The number of aromatic nitrogens is 1. The van der Waals surface area contributed by atoms with E-state index in [0.29, 0.717) is 5.92 Å². The third kappa shape index (κ3) is 2.43. The highest BCUT2D eigenvalue weighted by atomic mass is 16.1. The second-order valence-corrected chi connectivity index (χ2v) is 5.76. The van der Waals surface area contributed by atoms with E-state index in [-0.39, 0.29) is 5.56 Å². The van der Waals surface area contributed by atoms with Crippen LogP contribution in [0.2, 0.25) is 0 Å². The summed E-state index contributed by atoms with van der Waals surface area (Å²) in [6.45, 7) is 0. The van der Waals surface area contributed by atoms with E-state index in [9.17, 15) is 4.79 Å². The zero-order valence-corrected chi connectivity index (χ0v) is 12.0. The fourth-order valence-electron chi connectivity index (χ4n) is 3.29. The van der Waals surface area contributed by atoms with Gasteiger partial charge in [-0.25, -0.2) is 0 Å². The summed E-state index contributed by atoms with van der Waals surface area (Å²) in [4.78, 5) is 12.6. The quantitative estimate of drug-likeness (QED) is 0.803. The maximum Gasteiger partial charge on any atom is 0.258 e. The predicted octanol–water partition coefficient (Wildman–Crippen LogP) is 4.10. The van der Waals surface area contributed by atoms with Crippen LogP contribution in [0, 0.1) is 0 Å². The molecular formula is C18H21NO. The van der Waals surface area contributed by atoms with Gasteiger partial charge in [0.05, 0.1) is 5.56 Å². The van der Waals surface area contributed by atoms with Crippen molar-refractivity contribution in [3.8, 4) is 11.1 Å². The molecule has 2 nitrogen and oxygen atoms in total. The summed E-state index contributed by atoms with van der Waals surface area (Å²) in [7, 11) is 1.83. The Hall–Kier alpha value is -1.83. The highest BCUT2D eigenvalue weighted by molar-refractivity contribution is 5.67. The van der Waals surface area contributed by atoms with Crippen LogP contribution in [0.3, 0.4) is 0 Å². The van der Waals surface area contributed by atoms with Crippen LogP contribution in [0.4, 0.5) is 0 Å². The largest absolute Gasteiger partial charge is 0.318 e. The van der Waals surface area contributed by atoms with Crippen molar-refractivity contribution >= 4 is 0 Å². The Balaban J connectivity index is 2.15. The van der Waals surface area contributed by atoms with Crippen molar-refractivity contribution in [3.63, 3.8) is 0 Å². The lowest BCUT2D eigenvalue weighted by molar-refractivity contribution is 0.443. The highest BCUT2D eigenvalue weighted by Crippen LogP contribution is 2.36. The van der Waals surface area contributed by atoms with Crippen LogP contribution < -0.4 is 5.56 Å². The van der Waals surface area contributed by atoms with Crippen LogP contribution in [0.15, 0.2) is 47.4 Å². The second-order valence-electron chi connectivity index (χ2n) is 5.76. The van der Waals surface area contributed by atoms with Gasteiger partial charge in [-0.2, -0.15) is 0 Å². The Morgan fingerprint density at radius 3 is 2.40 bits per heavy atom. The van der Waals surface area contributed by atoms with Crippen LogP contribution in [0.5, 0.6) is 0 Å². The molecule has 20 heavy (non-hydrogen) atoms. The topological polar surface area (TPSA) is 22.0 Å². The first-order valence-electron chi connectivity index (χ1n) is 7.52. The molecule has 1 aromatic carbocycles. The summed E-state index contributed by atoms with van der Waals surface area (Å²) < 4.78 is 1.69. The van der Waals surface area contributed by atoms with E-state index in [1.54, 1.807) is 4.57 Å². The van der Waals surface area contributed by atoms with Gasteiger partial charge >= 0.3 is 0 Å². The van der Waals surface area contributed by atoms with E-state index < -0.39 is 0 Å². The molecule has 0 N–H and O–H groups in total. The van der Waals surface area contributed by atoms with E-state index >= 15 is 0 Å². The van der Waals surface area contributed by atoms with Crippen LogP contribution in [-0.4, -0.2) is 4.57 Å². The van der Waals surface area contributed by atoms with Gasteiger partial charge < -0.3 is 4.57 Å². The maximum absolute atomic E-state index is 12.6. The fourth-order valence-corrected chi connectivity index (χ4v) is 3.29. The summed E-state index contributed by atoms with van der Waals surface area (Å²) in [5, 5.41) is 0. The number of benzene rings is 1. The highest BCUT2D eigenvalue weighted by Gasteiger charge is 2.21. The lowest BCUT2D eigenvalue weighted by Crippen LogP contribution is -2.21. The average Bonchev–Trinajstić information content (AvgIpc) is 2.51. The molecule has 0 aliphatic heterocycles. The maximum atomic E-state index is 12.6. The molecule has 1 aliphatic carbocycles. The normalized spacial score (nSPS) is 16.2. The summed E-state index contributed by atoms with van der Waals surface area (Å²) in [5.74, 6) is 0.549. The van der Waals surface area contributed by atoms with Crippen molar-refractivity contribution in [1.82, 2.24) is 4.57 Å². The van der Waals surface area contributed by atoms with E-state index in [1.807, 2.05) is 43.6 Å². The Labute approximate surface area is 120 Å². The summed E-state index contributed by atoms with van der Waals surface area (Å²) >= 11 is 0.